The monoisotopic (exact) mass is 431 g/mol. The van der Waals surface area contributed by atoms with E-state index in [1.807, 2.05) is 30.3 Å². The van der Waals surface area contributed by atoms with Gasteiger partial charge in [0.25, 0.3) is 5.91 Å². The molecule has 1 aliphatic rings. The molecule has 2 aromatic carbocycles. The van der Waals surface area contributed by atoms with Crippen molar-refractivity contribution in [1.29, 1.82) is 0 Å². The predicted octanol–water partition coefficient (Wildman–Crippen LogP) is 4.17. The lowest BCUT2D eigenvalue weighted by atomic mass is 9.95. The molecular formula is C25H21NO6. The lowest BCUT2D eigenvalue weighted by Gasteiger charge is -2.26. The van der Waals surface area contributed by atoms with Crippen molar-refractivity contribution in [2.24, 2.45) is 0 Å². The summed E-state index contributed by atoms with van der Waals surface area (Å²) in [6, 6.07) is 16.3. The van der Waals surface area contributed by atoms with E-state index < -0.39 is 23.5 Å². The van der Waals surface area contributed by atoms with Crippen LogP contribution in [-0.4, -0.2) is 33.9 Å². The lowest BCUT2D eigenvalue weighted by Crippen LogP contribution is -2.30. The SMILES string of the molecule is COc1cc(C2C(C(=O)C=Cc3ccccc3)=C(O)C(=O)N2Cc2ccco2)ccc1O. The van der Waals surface area contributed by atoms with Crippen molar-refractivity contribution in [2.45, 2.75) is 12.6 Å². The molecule has 0 aliphatic carbocycles. The van der Waals surface area contributed by atoms with E-state index in [0.717, 1.165) is 5.56 Å². The molecule has 1 unspecified atom stereocenters. The lowest BCUT2D eigenvalue weighted by molar-refractivity contribution is -0.130. The Balaban J connectivity index is 1.75. The van der Waals surface area contributed by atoms with Crippen LogP contribution in [0.4, 0.5) is 0 Å². The molecule has 4 rings (SSSR count). The van der Waals surface area contributed by atoms with Gasteiger partial charge in [-0.3, -0.25) is 9.59 Å². The summed E-state index contributed by atoms with van der Waals surface area (Å²) in [5.41, 5.74) is 1.25. The van der Waals surface area contributed by atoms with Gasteiger partial charge in [-0.2, -0.15) is 0 Å². The molecule has 2 N–H and O–H groups in total. The maximum Gasteiger partial charge on any atom is 0.290 e. The van der Waals surface area contributed by atoms with Crippen LogP contribution in [0.3, 0.4) is 0 Å². The van der Waals surface area contributed by atoms with Gasteiger partial charge in [0.05, 0.1) is 31.5 Å². The van der Waals surface area contributed by atoms with Gasteiger partial charge in [-0.1, -0.05) is 42.5 Å². The number of aliphatic hydroxyl groups excluding tert-OH is 1. The summed E-state index contributed by atoms with van der Waals surface area (Å²) in [7, 11) is 1.40. The fourth-order valence-corrected chi connectivity index (χ4v) is 3.68. The smallest absolute Gasteiger partial charge is 0.290 e. The Morgan fingerprint density at radius 1 is 1.12 bits per heavy atom. The Labute approximate surface area is 184 Å². The number of amides is 1. The number of hydrogen-bond acceptors (Lipinski definition) is 6. The first-order valence-electron chi connectivity index (χ1n) is 9.90. The summed E-state index contributed by atoms with van der Waals surface area (Å²) in [5.74, 6) is -1.20. The molecule has 1 aliphatic heterocycles. The summed E-state index contributed by atoms with van der Waals surface area (Å²) in [4.78, 5) is 27.4. The third-order valence-electron chi connectivity index (χ3n) is 5.22. The van der Waals surface area contributed by atoms with Crippen LogP contribution in [0.25, 0.3) is 6.08 Å². The van der Waals surface area contributed by atoms with Crippen molar-refractivity contribution >= 4 is 17.8 Å². The Morgan fingerprint density at radius 2 is 1.91 bits per heavy atom. The quantitative estimate of drug-likeness (QED) is 0.545. The molecule has 0 saturated heterocycles. The highest BCUT2D eigenvalue weighted by molar-refractivity contribution is 6.14. The Bertz CT molecular complexity index is 1190. The van der Waals surface area contributed by atoms with Gasteiger partial charge < -0.3 is 24.3 Å². The summed E-state index contributed by atoms with van der Waals surface area (Å²) in [6.07, 6.45) is 4.43. The van der Waals surface area contributed by atoms with Crippen molar-refractivity contribution in [3.05, 3.63) is 101 Å². The van der Waals surface area contributed by atoms with Crippen molar-refractivity contribution in [1.82, 2.24) is 4.90 Å². The van der Waals surface area contributed by atoms with E-state index in [1.54, 1.807) is 24.3 Å². The van der Waals surface area contributed by atoms with Crippen LogP contribution in [0.15, 0.2) is 88.8 Å². The molecular weight excluding hydrogens is 410 g/mol. The second kappa shape index (κ2) is 8.85. The summed E-state index contributed by atoms with van der Waals surface area (Å²) in [6.45, 7) is 0.0446. The van der Waals surface area contributed by atoms with E-state index in [0.29, 0.717) is 11.3 Å². The minimum atomic E-state index is -0.893. The molecule has 0 saturated carbocycles. The van der Waals surface area contributed by atoms with Crippen LogP contribution in [0.5, 0.6) is 11.5 Å². The van der Waals surface area contributed by atoms with Gasteiger partial charge in [-0.05, 0) is 41.5 Å². The molecule has 3 aromatic rings. The zero-order chi connectivity index (χ0) is 22.7. The molecule has 32 heavy (non-hydrogen) atoms. The first-order valence-corrected chi connectivity index (χ1v) is 9.90. The third-order valence-corrected chi connectivity index (χ3v) is 5.22. The molecule has 0 spiro atoms. The topological polar surface area (TPSA) is 100 Å². The number of phenolic OH excluding ortho intramolecular Hbond substituents is 1. The Hall–Kier alpha value is -4.26. The van der Waals surface area contributed by atoms with Crippen molar-refractivity contribution < 1.29 is 29.0 Å². The van der Waals surface area contributed by atoms with Gasteiger partial charge in [0.2, 0.25) is 0 Å². The summed E-state index contributed by atoms with van der Waals surface area (Å²) < 4.78 is 10.6. The molecule has 7 nitrogen and oxygen atoms in total. The number of ether oxygens (including phenoxy) is 1. The van der Waals surface area contributed by atoms with Crippen molar-refractivity contribution in [3.63, 3.8) is 0 Å². The highest BCUT2D eigenvalue weighted by atomic mass is 16.5. The molecule has 1 aromatic heterocycles. The maximum absolute atomic E-state index is 13.1. The fourth-order valence-electron chi connectivity index (χ4n) is 3.68. The number of nitrogens with zero attached hydrogens (tertiary/aromatic N) is 1. The highest BCUT2D eigenvalue weighted by Gasteiger charge is 2.43. The Morgan fingerprint density at radius 3 is 2.59 bits per heavy atom. The normalized spacial score (nSPS) is 16.2. The molecule has 0 bridgehead atoms. The van der Waals surface area contributed by atoms with Gasteiger partial charge in [0.1, 0.15) is 5.76 Å². The number of carbonyl (C=O) groups is 2. The number of methoxy groups -OCH3 is 1. The molecule has 1 atom stereocenters. The molecule has 0 fully saturated rings. The van der Waals surface area contributed by atoms with Crippen LogP contribution in [-0.2, 0) is 16.1 Å². The first-order chi connectivity index (χ1) is 15.5. The zero-order valence-electron chi connectivity index (χ0n) is 17.3. The van der Waals surface area contributed by atoms with Gasteiger partial charge in [0.15, 0.2) is 23.0 Å². The van der Waals surface area contributed by atoms with Crippen LogP contribution < -0.4 is 4.74 Å². The number of phenols is 1. The number of aliphatic hydroxyl groups is 1. The first kappa shape index (κ1) is 21.0. The van der Waals surface area contributed by atoms with Crippen LogP contribution >= 0.6 is 0 Å². The van der Waals surface area contributed by atoms with E-state index in [1.165, 1.54) is 36.5 Å². The molecule has 0 radical (unpaired) electrons. The number of aromatic hydroxyl groups is 1. The number of benzene rings is 2. The largest absolute Gasteiger partial charge is 0.504 e. The van der Waals surface area contributed by atoms with E-state index in [9.17, 15) is 19.8 Å². The summed E-state index contributed by atoms with van der Waals surface area (Å²) >= 11 is 0. The van der Waals surface area contributed by atoms with Crippen LogP contribution in [0, 0.1) is 0 Å². The number of furan rings is 1. The van der Waals surface area contributed by atoms with Gasteiger partial charge in [0, 0.05) is 0 Å². The van der Waals surface area contributed by atoms with Crippen LogP contribution in [0.1, 0.15) is 22.9 Å². The summed E-state index contributed by atoms with van der Waals surface area (Å²) in [5, 5.41) is 20.6. The highest BCUT2D eigenvalue weighted by Crippen LogP contribution is 2.41. The minimum absolute atomic E-state index is 0.0446. The van der Waals surface area contributed by atoms with Crippen LogP contribution in [0.2, 0.25) is 0 Å². The second-order valence-corrected chi connectivity index (χ2v) is 7.22. The van der Waals surface area contributed by atoms with Gasteiger partial charge in [-0.25, -0.2) is 0 Å². The third kappa shape index (κ3) is 4.00. The van der Waals surface area contributed by atoms with E-state index in [2.05, 4.69) is 0 Å². The Kier molecular flexibility index (Phi) is 5.81. The fraction of sp³-hybridized carbons (Fsp3) is 0.120. The predicted molar refractivity (Wildman–Crippen MR) is 117 cm³/mol. The average Bonchev–Trinajstić information content (AvgIpc) is 3.41. The second-order valence-electron chi connectivity index (χ2n) is 7.22. The van der Waals surface area contributed by atoms with Gasteiger partial charge in [-0.15, -0.1) is 0 Å². The molecule has 2 heterocycles. The number of allylic oxidation sites excluding steroid dienone is 1. The van der Waals surface area contributed by atoms with Crippen molar-refractivity contribution in [3.8, 4) is 11.5 Å². The molecule has 1 amide bonds. The standard InChI is InChI=1S/C25H21NO6/c1-31-21-14-17(10-12-19(21)27)23-22(20(28)11-9-16-6-3-2-4-7-16)24(29)25(30)26(23)15-18-8-5-13-32-18/h2-14,23,27,29H,15H2,1H3. The zero-order valence-corrected chi connectivity index (χ0v) is 17.3. The average molecular weight is 431 g/mol. The number of ketones is 1. The number of carbonyl (C=O) groups excluding carboxylic acids is 2. The van der Waals surface area contributed by atoms with E-state index in [4.69, 9.17) is 9.15 Å². The molecule has 162 valence electrons. The van der Waals surface area contributed by atoms with E-state index in [-0.39, 0.29) is 23.6 Å². The maximum atomic E-state index is 13.1. The van der Waals surface area contributed by atoms with Crippen molar-refractivity contribution in [2.75, 3.05) is 7.11 Å². The van der Waals surface area contributed by atoms with E-state index >= 15 is 0 Å². The number of hydrogen-bond donors (Lipinski definition) is 2. The molecule has 7 heteroatoms. The minimum Gasteiger partial charge on any atom is -0.504 e. The number of rotatable bonds is 7. The van der Waals surface area contributed by atoms with Gasteiger partial charge >= 0.3 is 0 Å².